The van der Waals surface area contributed by atoms with Crippen LogP contribution in [-0.2, 0) is 16.0 Å². The van der Waals surface area contributed by atoms with E-state index in [1.807, 2.05) is 31.2 Å². The number of hydrogen-bond donors (Lipinski definition) is 2. The molecule has 160 valence electrons. The zero-order chi connectivity index (χ0) is 22.3. The predicted molar refractivity (Wildman–Crippen MR) is 115 cm³/mol. The average molecular weight is 413 g/mol. The molecule has 0 saturated heterocycles. The lowest BCUT2D eigenvalue weighted by atomic mass is 10.0. The van der Waals surface area contributed by atoms with E-state index in [1.165, 1.54) is 36.2 Å². The minimum absolute atomic E-state index is 0.146. The summed E-state index contributed by atoms with van der Waals surface area (Å²) in [7, 11) is 1.52. The van der Waals surface area contributed by atoms with Gasteiger partial charge in [-0.05, 0) is 48.2 Å². The van der Waals surface area contributed by atoms with E-state index in [1.54, 1.807) is 13.8 Å². The molecule has 6 nitrogen and oxygen atoms in total. The van der Waals surface area contributed by atoms with Crippen molar-refractivity contribution in [1.29, 1.82) is 0 Å². The van der Waals surface area contributed by atoms with Gasteiger partial charge >= 0.3 is 0 Å². The molecule has 2 aromatic carbocycles. The van der Waals surface area contributed by atoms with Gasteiger partial charge in [0.05, 0.1) is 6.54 Å². The predicted octanol–water partition coefficient (Wildman–Crippen LogP) is 3.24. The molecule has 0 aliphatic carbocycles. The fraction of sp³-hybridized carbons (Fsp3) is 0.348. The van der Waals surface area contributed by atoms with Crippen molar-refractivity contribution in [2.45, 2.75) is 33.2 Å². The van der Waals surface area contributed by atoms with Crippen LogP contribution in [0.25, 0.3) is 0 Å². The molecule has 0 aliphatic heterocycles. The van der Waals surface area contributed by atoms with Crippen LogP contribution in [0.1, 0.15) is 36.7 Å². The Bertz CT molecular complexity index is 897. The second-order valence-electron chi connectivity index (χ2n) is 7.46. The molecule has 30 heavy (non-hydrogen) atoms. The van der Waals surface area contributed by atoms with E-state index in [0.29, 0.717) is 0 Å². The van der Waals surface area contributed by atoms with E-state index in [2.05, 4.69) is 10.6 Å². The maximum Gasteiger partial charge on any atom is 0.251 e. The van der Waals surface area contributed by atoms with E-state index < -0.39 is 17.8 Å². The Labute approximate surface area is 176 Å². The number of anilines is 1. The Morgan fingerprint density at radius 3 is 2.27 bits per heavy atom. The van der Waals surface area contributed by atoms with Crippen molar-refractivity contribution in [1.82, 2.24) is 10.2 Å². The summed E-state index contributed by atoms with van der Waals surface area (Å²) in [4.78, 5) is 39.1. The molecule has 0 heterocycles. The van der Waals surface area contributed by atoms with E-state index >= 15 is 0 Å². The number of hydrogen-bond acceptors (Lipinski definition) is 3. The smallest absolute Gasteiger partial charge is 0.251 e. The van der Waals surface area contributed by atoms with Gasteiger partial charge in [-0.15, -0.1) is 0 Å². The molecule has 0 unspecified atom stereocenters. The summed E-state index contributed by atoms with van der Waals surface area (Å²) < 4.78 is 13.1. The molecule has 3 amide bonds. The largest absolute Gasteiger partial charge is 0.340 e. The van der Waals surface area contributed by atoms with E-state index in [4.69, 9.17) is 0 Å². The molecule has 0 bridgehead atoms. The molecule has 0 fully saturated rings. The van der Waals surface area contributed by atoms with Gasteiger partial charge in [0.15, 0.2) is 0 Å². The molecule has 1 atom stereocenters. The van der Waals surface area contributed by atoms with Gasteiger partial charge in [0.1, 0.15) is 11.9 Å². The number of rotatable bonds is 8. The molecular formula is C23H28FN3O3. The summed E-state index contributed by atoms with van der Waals surface area (Å²) in [6.07, 6.45) is 0.774. The number of nitrogens with one attached hydrogen (secondary N) is 2. The molecule has 0 spiro atoms. The second-order valence-corrected chi connectivity index (χ2v) is 7.46. The van der Waals surface area contributed by atoms with E-state index in [0.717, 1.165) is 17.7 Å². The Morgan fingerprint density at radius 2 is 1.67 bits per heavy atom. The van der Waals surface area contributed by atoms with Gasteiger partial charge < -0.3 is 15.5 Å². The number of carbonyl (C=O) groups excluding carboxylic acids is 3. The molecular weight excluding hydrogens is 385 g/mol. The SMILES string of the molecule is CCc1ccccc1NC(=O)CN(C)C(=O)[C@@H](NC(=O)c1ccc(F)cc1)C(C)C. The van der Waals surface area contributed by atoms with E-state index in [9.17, 15) is 18.8 Å². The van der Waals surface area contributed by atoms with Gasteiger partial charge in [-0.1, -0.05) is 39.0 Å². The highest BCUT2D eigenvalue weighted by Gasteiger charge is 2.28. The Kier molecular flexibility index (Phi) is 8.09. The number of aryl methyl sites for hydroxylation is 1. The molecule has 0 saturated carbocycles. The summed E-state index contributed by atoms with van der Waals surface area (Å²) >= 11 is 0. The van der Waals surface area contributed by atoms with Crippen LogP contribution in [0.15, 0.2) is 48.5 Å². The highest BCUT2D eigenvalue weighted by atomic mass is 19.1. The summed E-state index contributed by atoms with van der Waals surface area (Å²) in [5.41, 5.74) is 1.98. The maximum absolute atomic E-state index is 13.1. The molecule has 2 aromatic rings. The first-order chi connectivity index (χ1) is 14.2. The van der Waals surface area contributed by atoms with Gasteiger partial charge in [0, 0.05) is 18.3 Å². The standard InChI is InChI=1S/C23H28FN3O3/c1-5-16-8-6-7-9-19(16)25-20(28)14-27(4)23(30)21(15(2)3)26-22(29)17-10-12-18(24)13-11-17/h6-13,15,21H,5,14H2,1-4H3,(H,25,28)(H,26,29)/t21-/m0/s1. The summed E-state index contributed by atoms with van der Waals surface area (Å²) in [6.45, 7) is 5.46. The maximum atomic E-state index is 13.1. The van der Waals surface area contributed by atoms with Crippen molar-refractivity contribution >= 4 is 23.4 Å². The fourth-order valence-corrected chi connectivity index (χ4v) is 3.01. The molecule has 0 aromatic heterocycles. The lowest BCUT2D eigenvalue weighted by Crippen LogP contribution is -2.51. The van der Waals surface area contributed by atoms with Crippen LogP contribution in [0.5, 0.6) is 0 Å². The molecule has 7 heteroatoms. The molecule has 0 aliphatic rings. The van der Waals surface area contributed by atoms with Gasteiger partial charge in [0.25, 0.3) is 5.91 Å². The molecule has 0 radical (unpaired) electrons. The first-order valence-corrected chi connectivity index (χ1v) is 9.92. The monoisotopic (exact) mass is 413 g/mol. The van der Waals surface area contributed by atoms with Crippen molar-refractivity contribution in [2.24, 2.45) is 5.92 Å². The number of carbonyl (C=O) groups is 3. The quantitative estimate of drug-likeness (QED) is 0.697. The Hall–Kier alpha value is -3.22. The number of benzene rings is 2. The second kappa shape index (κ2) is 10.5. The minimum atomic E-state index is -0.816. The third-order valence-corrected chi connectivity index (χ3v) is 4.76. The van der Waals surface area contributed by atoms with Crippen LogP contribution < -0.4 is 10.6 Å². The van der Waals surface area contributed by atoms with Gasteiger partial charge in [0.2, 0.25) is 11.8 Å². The first-order valence-electron chi connectivity index (χ1n) is 9.92. The van der Waals surface area contributed by atoms with Crippen LogP contribution in [0.2, 0.25) is 0 Å². The first kappa shape index (κ1) is 23.1. The van der Waals surface area contributed by atoms with Crippen LogP contribution >= 0.6 is 0 Å². The highest BCUT2D eigenvalue weighted by Crippen LogP contribution is 2.15. The molecule has 2 rings (SSSR count). The van der Waals surface area contributed by atoms with Crippen LogP contribution in [0, 0.1) is 11.7 Å². The normalized spacial score (nSPS) is 11.7. The zero-order valence-corrected chi connectivity index (χ0v) is 17.7. The summed E-state index contributed by atoms with van der Waals surface area (Å²) in [5, 5.41) is 5.52. The number of amides is 3. The van der Waals surface area contributed by atoms with Crippen molar-refractivity contribution in [2.75, 3.05) is 18.9 Å². The van der Waals surface area contributed by atoms with Gasteiger partial charge in [-0.2, -0.15) is 0 Å². The number of likely N-dealkylation sites (N-methyl/N-ethyl adjacent to an activating group) is 1. The van der Waals surface area contributed by atoms with Crippen LogP contribution in [0.4, 0.5) is 10.1 Å². The zero-order valence-electron chi connectivity index (χ0n) is 17.7. The highest BCUT2D eigenvalue weighted by molar-refractivity contribution is 5.99. The number of nitrogens with zero attached hydrogens (tertiary/aromatic N) is 1. The van der Waals surface area contributed by atoms with Crippen molar-refractivity contribution in [3.8, 4) is 0 Å². The third kappa shape index (κ3) is 6.14. The Morgan fingerprint density at radius 1 is 1.03 bits per heavy atom. The van der Waals surface area contributed by atoms with Gasteiger partial charge in [-0.25, -0.2) is 4.39 Å². The molecule has 2 N–H and O–H groups in total. The number of halogens is 1. The topological polar surface area (TPSA) is 78.5 Å². The van der Waals surface area contributed by atoms with Crippen molar-refractivity contribution in [3.05, 3.63) is 65.5 Å². The summed E-state index contributed by atoms with van der Waals surface area (Å²) in [6, 6.07) is 11.8. The lowest BCUT2D eigenvalue weighted by molar-refractivity contribution is -0.135. The average Bonchev–Trinajstić information content (AvgIpc) is 2.71. The van der Waals surface area contributed by atoms with E-state index in [-0.39, 0.29) is 29.8 Å². The van der Waals surface area contributed by atoms with Crippen molar-refractivity contribution < 1.29 is 18.8 Å². The number of para-hydroxylation sites is 1. The van der Waals surface area contributed by atoms with Crippen LogP contribution in [0.3, 0.4) is 0 Å². The fourth-order valence-electron chi connectivity index (χ4n) is 3.01. The lowest BCUT2D eigenvalue weighted by Gasteiger charge is -2.27. The Balaban J connectivity index is 2.02. The summed E-state index contributed by atoms with van der Waals surface area (Å²) in [5.74, 6) is -1.82. The third-order valence-electron chi connectivity index (χ3n) is 4.76. The van der Waals surface area contributed by atoms with Gasteiger partial charge in [-0.3, -0.25) is 14.4 Å². The van der Waals surface area contributed by atoms with Crippen molar-refractivity contribution in [3.63, 3.8) is 0 Å². The minimum Gasteiger partial charge on any atom is -0.340 e. The van der Waals surface area contributed by atoms with Crippen LogP contribution in [-0.4, -0.2) is 42.3 Å².